The molecule has 0 aromatic heterocycles. The number of halogens is 1. The fraction of sp³-hybridized carbons (Fsp3) is 0.250. The molecule has 1 aromatic rings. The smallest absolute Gasteiger partial charge is 0.233 e. The third kappa shape index (κ3) is 0.886. The Morgan fingerprint density at radius 3 is 2.82 bits per heavy atom. The molecule has 1 aliphatic heterocycles. The van der Waals surface area contributed by atoms with E-state index in [1.165, 1.54) is 0 Å². The van der Waals surface area contributed by atoms with Gasteiger partial charge in [0.2, 0.25) is 6.29 Å². The third-order valence-corrected chi connectivity index (χ3v) is 1.71. The van der Waals surface area contributed by atoms with Crippen LogP contribution in [0, 0.1) is 0 Å². The molecule has 0 spiro atoms. The van der Waals surface area contributed by atoms with E-state index in [0.717, 1.165) is 0 Å². The lowest BCUT2D eigenvalue weighted by Crippen LogP contribution is -2.13. The summed E-state index contributed by atoms with van der Waals surface area (Å²) >= 11 is 0. The van der Waals surface area contributed by atoms with Crippen LogP contribution < -0.4 is 4.74 Å². The lowest BCUT2D eigenvalue weighted by molar-refractivity contribution is -0.0523. The molecule has 0 saturated carbocycles. The van der Waals surface area contributed by atoms with Crippen LogP contribution in [0.25, 0.3) is 0 Å². The van der Waals surface area contributed by atoms with Gasteiger partial charge in [-0.2, -0.15) is 0 Å². The van der Waals surface area contributed by atoms with Crippen LogP contribution in [0.4, 0.5) is 4.39 Å². The molecule has 1 aliphatic rings. The highest BCUT2D eigenvalue weighted by atomic mass is 19.1. The maximum Gasteiger partial charge on any atom is 0.233 e. The predicted molar refractivity (Wildman–Crippen MR) is 36.9 cm³/mol. The monoisotopic (exact) mass is 154 g/mol. The molecule has 0 aliphatic carbocycles. The molecule has 1 aromatic carbocycles. The second kappa shape index (κ2) is 2.20. The first-order valence-corrected chi connectivity index (χ1v) is 3.37. The fourth-order valence-corrected chi connectivity index (χ4v) is 1.16. The quantitative estimate of drug-likeness (QED) is 0.612. The highest BCUT2D eigenvalue weighted by molar-refractivity contribution is 5.38. The van der Waals surface area contributed by atoms with Gasteiger partial charge in [-0.3, -0.25) is 0 Å². The van der Waals surface area contributed by atoms with Crippen LogP contribution in [0.5, 0.6) is 5.75 Å². The summed E-state index contributed by atoms with van der Waals surface area (Å²) in [4.78, 5) is 0. The van der Waals surface area contributed by atoms with Crippen LogP contribution in [0.1, 0.15) is 11.7 Å². The summed E-state index contributed by atoms with van der Waals surface area (Å²) in [5.74, 6) is 0.438. The molecular weight excluding hydrogens is 147 g/mol. The van der Waals surface area contributed by atoms with E-state index in [9.17, 15) is 4.39 Å². The van der Waals surface area contributed by atoms with Gasteiger partial charge in [0.25, 0.3) is 0 Å². The summed E-state index contributed by atoms with van der Waals surface area (Å²) in [6, 6.07) is 6.70. The van der Waals surface area contributed by atoms with Crippen LogP contribution in [0.3, 0.4) is 0 Å². The summed E-state index contributed by atoms with van der Waals surface area (Å²) in [7, 11) is 0. The van der Waals surface area contributed by atoms with Crippen LogP contribution in [0.15, 0.2) is 24.3 Å². The van der Waals surface area contributed by atoms with Crippen molar-refractivity contribution < 1.29 is 14.2 Å². The van der Waals surface area contributed by atoms with E-state index < -0.39 is 12.5 Å². The van der Waals surface area contributed by atoms with E-state index >= 15 is 0 Å². The molecule has 2 rings (SSSR count). The van der Waals surface area contributed by atoms with E-state index in [0.29, 0.717) is 11.3 Å². The van der Waals surface area contributed by atoms with Crippen LogP contribution >= 0.6 is 0 Å². The number of alkyl halides is 1. The summed E-state index contributed by atoms with van der Waals surface area (Å²) in [5, 5.41) is 8.92. The molecule has 2 atom stereocenters. The molecule has 0 amide bonds. The first-order valence-electron chi connectivity index (χ1n) is 3.37. The Balaban J connectivity index is 2.47. The SMILES string of the molecule is OC1Oc2ccccc2C1F. The van der Waals surface area contributed by atoms with Gasteiger partial charge >= 0.3 is 0 Å². The molecule has 0 bridgehead atoms. The zero-order chi connectivity index (χ0) is 7.84. The molecular formula is C8H7FO2. The van der Waals surface area contributed by atoms with Crippen molar-refractivity contribution in [3.05, 3.63) is 29.8 Å². The van der Waals surface area contributed by atoms with Gasteiger partial charge in [0.1, 0.15) is 5.75 Å². The Bertz CT molecular complexity index is 275. The number of aliphatic hydroxyl groups is 1. The van der Waals surface area contributed by atoms with Gasteiger partial charge in [-0.25, -0.2) is 4.39 Å². The fourth-order valence-electron chi connectivity index (χ4n) is 1.16. The standard InChI is InChI=1S/C8H7FO2/c9-7-5-3-1-2-4-6(5)11-8(7)10/h1-4,7-8,10H. The summed E-state index contributed by atoms with van der Waals surface area (Å²) in [6.07, 6.45) is -2.72. The van der Waals surface area contributed by atoms with E-state index in [-0.39, 0.29) is 0 Å². The van der Waals surface area contributed by atoms with Crippen molar-refractivity contribution in [3.63, 3.8) is 0 Å². The largest absolute Gasteiger partial charge is 0.461 e. The molecule has 0 radical (unpaired) electrons. The normalized spacial score (nSPS) is 27.8. The Morgan fingerprint density at radius 1 is 1.36 bits per heavy atom. The van der Waals surface area contributed by atoms with E-state index in [2.05, 4.69) is 0 Å². The molecule has 0 saturated heterocycles. The number of aliphatic hydroxyl groups excluding tert-OH is 1. The highest BCUT2D eigenvalue weighted by Gasteiger charge is 2.32. The molecule has 0 fully saturated rings. The van der Waals surface area contributed by atoms with E-state index in [4.69, 9.17) is 9.84 Å². The topological polar surface area (TPSA) is 29.5 Å². The number of rotatable bonds is 0. The van der Waals surface area contributed by atoms with Gasteiger partial charge in [0.15, 0.2) is 6.17 Å². The second-order valence-corrected chi connectivity index (χ2v) is 2.45. The summed E-state index contributed by atoms with van der Waals surface area (Å²) in [6.45, 7) is 0. The minimum atomic E-state index is -1.40. The Kier molecular flexibility index (Phi) is 1.32. The first kappa shape index (κ1) is 6.61. The average molecular weight is 154 g/mol. The molecule has 3 heteroatoms. The maximum atomic E-state index is 12.9. The average Bonchev–Trinajstić information content (AvgIpc) is 2.30. The first-order chi connectivity index (χ1) is 5.29. The summed E-state index contributed by atoms with van der Waals surface area (Å²) in [5.41, 5.74) is 0.431. The van der Waals surface area contributed by atoms with Crippen molar-refractivity contribution in [2.75, 3.05) is 0 Å². The van der Waals surface area contributed by atoms with Crippen LogP contribution in [-0.4, -0.2) is 11.4 Å². The molecule has 1 heterocycles. The van der Waals surface area contributed by atoms with Crippen molar-refractivity contribution in [2.24, 2.45) is 0 Å². The van der Waals surface area contributed by atoms with Crippen molar-refractivity contribution in [3.8, 4) is 5.75 Å². The van der Waals surface area contributed by atoms with Gasteiger partial charge in [0.05, 0.1) is 0 Å². The van der Waals surface area contributed by atoms with E-state index in [1.807, 2.05) is 0 Å². The number of hydrogen-bond acceptors (Lipinski definition) is 2. The molecule has 11 heavy (non-hydrogen) atoms. The zero-order valence-electron chi connectivity index (χ0n) is 5.70. The minimum Gasteiger partial charge on any atom is -0.461 e. The van der Waals surface area contributed by atoms with Crippen molar-refractivity contribution in [2.45, 2.75) is 12.5 Å². The van der Waals surface area contributed by atoms with Gasteiger partial charge in [-0.1, -0.05) is 18.2 Å². The number of ether oxygens (including phenoxy) is 1. The van der Waals surface area contributed by atoms with Gasteiger partial charge in [-0.15, -0.1) is 0 Å². The molecule has 2 unspecified atom stereocenters. The molecule has 2 nitrogen and oxygen atoms in total. The minimum absolute atomic E-state index is 0.431. The zero-order valence-corrected chi connectivity index (χ0v) is 5.70. The summed E-state index contributed by atoms with van der Waals surface area (Å²) < 4.78 is 17.7. The predicted octanol–water partition coefficient (Wildman–Crippen LogP) is 1.41. The Hall–Kier alpha value is -1.09. The van der Waals surface area contributed by atoms with Crippen molar-refractivity contribution in [1.82, 2.24) is 0 Å². The second-order valence-electron chi connectivity index (χ2n) is 2.45. The molecule has 1 N–H and O–H groups in total. The van der Waals surface area contributed by atoms with Crippen molar-refractivity contribution >= 4 is 0 Å². The Morgan fingerprint density at radius 2 is 2.09 bits per heavy atom. The number of benzene rings is 1. The van der Waals surface area contributed by atoms with Crippen LogP contribution in [-0.2, 0) is 0 Å². The highest BCUT2D eigenvalue weighted by Crippen LogP contribution is 2.37. The van der Waals surface area contributed by atoms with Crippen LogP contribution in [0.2, 0.25) is 0 Å². The van der Waals surface area contributed by atoms with E-state index in [1.54, 1.807) is 24.3 Å². The number of para-hydroxylation sites is 1. The number of fused-ring (bicyclic) bond motifs is 1. The van der Waals surface area contributed by atoms with Crippen molar-refractivity contribution in [1.29, 1.82) is 0 Å². The lowest BCUT2D eigenvalue weighted by atomic mass is 10.1. The lowest BCUT2D eigenvalue weighted by Gasteiger charge is -2.02. The van der Waals surface area contributed by atoms with Gasteiger partial charge in [0, 0.05) is 5.56 Å². The van der Waals surface area contributed by atoms with Gasteiger partial charge in [-0.05, 0) is 6.07 Å². The van der Waals surface area contributed by atoms with Gasteiger partial charge < -0.3 is 9.84 Å². The third-order valence-electron chi connectivity index (χ3n) is 1.71. The maximum absolute atomic E-state index is 12.9. The molecule has 58 valence electrons. The Labute approximate surface area is 63.2 Å². The number of hydrogen-bond donors (Lipinski definition) is 1.